The van der Waals surface area contributed by atoms with Crippen molar-refractivity contribution < 1.29 is 9.90 Å². The summed E-state index contributed by atoms with van der Waals surface area (Å²) in [7, 11) is 0. The van der Waals surface area contributed by atoms with Gasteiger partial charge in [-0.15, -0.1) is 11.8 Å². The number of thioether (sulfide) groups is 1. The third-order valence-electron chi connectivity index (χ3n) is 4.46. The molecule has 1 fully saturated rings. The van der Waals surface area contributed by atoms with Gasteiger partial charge in [0.05, 0.1) is 6.10 Å². The van der Waals surface area contributed by atoms with Crippen LogP contribution in [-0.4, -0.2) is 59.4 Å². The number of hydrogen-bond donors (Lipinski definition) is 1. The Morgan fingerprint density at radius 1 is 1.08 bits per heavy atom. The molecule has 1 N–H and O–H groups in total. The Morgan fingerprint density at radius 2 is 1.80 bits per heavy atom. The summed E-state index contributed by atoms with van der Waals surface area (Å²) in [4.78, 5) is 17.9. The second-order valence-corrected chi connectivity index (χ2v) is 7.23. The largest absolute Gasteiger partial charge is 0.390 e. The van der Waals surface area contributed by atoms with Crippen molar-refractivity contribution in [3.63, 3.8) is 0 Å². The zero-order valence-corrected chi connectivity index (χ0v) is 15.3. The highest BCUT2D eigenvalue weighted by atomic mass is 32.2. The molecule has 0 saturated carbocycles. The molecular weight excluding hydrogens is 332 g/mol. The highest BCUT2D eigenvalue weighted by molar-refractivity contribution is 7.98. The summed E-state index contributed by atoms with van der Waals surface area (Å²) in [6.07, 6.45) is 1.49. The van der Waals surface area contributed by atoms with E-state index in [4.69, 9.17) is 0 Å². The molecule has 1 saturated heterocycles. The highest BCUT2D eigenvalue weighted by Crippen LogP contribution is 2.17. The van der Waals surface area contributed by atoms with Gasteiger partial charge in [0.25, 0.3) is 5.91 Å². The minimum absolute atomic E-state index is 0.00624. The van der Waals surface area contributed by atoms with Gasteiger partial charge >= 0.3 is 0 Å². The number of nitrogens with zero attached hydrogens (tertiary/aromatic N) is 2. The maximum absolute atomic E-state index is 12.8. The van der Waals surface area contributed by atoms with E-state index in [1.165, 1.54) is 5.56 Å². The lowest BCUT2D eigenvalue weighted by atomic mass is 10.2. The van der Waals surface area contributed by atoms with Gasteiger partial charge in [0.2, 0.25) is 0 Å². The van der Waals surface area contributed by atoms with Crippen LogP contribution in [0, 0.1) is 0 Å². The van der Waals surface area contributed by atoms with Crippen LogP contribution in [0.15, 0.2) is 59.5 Å². The minimum atomic E-state index is -0.527. The lowest BCUT2D eigenvalue weighted by Crippen LogP contribution is -2.37. The van der Waals surface area contributed by atoms with E-state index in [0.717, 1.165) is 18.0 Å². The van der Waals surface area contributed by atoms with Gasteiger partial charge in [0.1, 0.15) is 0 Å². The van der Waals surface area contributed by atoms with Gasteiger partial charge in [-0.25, -0.2) is 0 Å². The van der Waals surface area contributed by atoms with Crippen molar-refractivity contribution in [2.24, 2.45) is 0 Å². The van der Waals surface area contributed by atoms with E-state index in [1.54, 1.807) is 16.7 Å². The number of aliphatic hydroxyl groups is 1. The number of rotatable bonds is 4. The van der Waals surface area contributed by atoms with Gasteiger partial charge in [-0.3, -0.25) is 9.69 Å². The second kappa shape index (κ2) is 8.52. The van der Waals surface area contributed by atoms with E-state index in [0.29, 0.717) is 25.2 Å². The summed E-state index contributed by atoms with van der Waals surface area (Å²) in [6, 6.07) is 17.9. The highest BCUT2D eigenvalue weighted by Gasteiger charge is 2.25. The van der Waals surface area contributed by atoms with E-state index < -0.39 is 6.10 Å². The molecule has 3 rings (SSSR count). The van der Waals surface area contributed by atoms with Crippen LogP contribution in [0.1, 0.15) is 15.9 Å². The molecule has 1 amide bonds. The first kappa shape index (κ1) is 18.0. The number of amides is 1. The molecule has 0 radical (unpaired) electrons. The molecule has 1 aliphatic heterocycles. The first-order valence-electron chi connectivity index (χ1n) is 8.53. The molecule has 4 nitrogen and oxygen atoms in total. The van der Waals surface area contributed by atoms with Gasteiger partial charge in [0, 0.05) is 43.2 Å². The van der Waals surface area contributed by atoms with E-state index in [2.05, 4.69) is 17.0 Å². The molecule has 0 aromatic heterocycles. The standard InChI is InChI=1S/C20H24N2O2S/c1-25-19-9-7-17(8-10-19)20(24)22-12-11-21(14-18(23)15-22)13-16-5-3-2-4-6-16/h2-10,18,23H,11-15H2,1H3. The fourth-order valence-corrected chi connectivity index (χ4v) is 3.55. The number of carbonyl (C=O) groups is 1. The van der Waals surface area contributed by atoms with Crippen LogP contribution in [0.4, 0.5) is 0 Å². The normalized spacial score (nSPS) is 18.8. The van der Waals surface area contributed by atoms with Gasteiger partial charge in [-0.05, 0) is 36.1 Å². The summed E-state index contributed by atoms with van der Waals surface area (Å²) in [5.74, 6) is -0.00624. The molecule has 5 heteroatoms. The summed E-state index contributed by atoms with van der Waals surface area (Å²) in [5.41, 5.74) is 1.91. The Bertz CT molecular complexity index is 691. The molecule has 1 heterocycles. The van der Waals surface area contributed by atoms with Crippen molar-refractivity contribution in [1.82, 2.24) is 9.80 Å². The molecule has 0 spiro atoms. The van der Waals surface area contributed by atoms with E-state index in [-0.39, 0.29) is 5.91 Å². The molecule has 1 atom stereocenters. The summed E-state index contributed by atoms with van der Waals surface area (Å²) >= 11 is 1.66. The molecule has 132 valence electrons. The van der Waals surface area contributed by atoms with Crippen LogP contribution in [0.3, 0.4) is 0 Å². The van der Waals surface area contributed by atoms with Gasteiger partial charge < -0.3 is 10.0 Å². The van der Waals surface area contributed by atoms with Crippen LogP contribution >= 0.6 is 11.8 Å². The Morgan fingerprint density at radius 3 is 2.48 bits per heavy atom. The van der Waals surface area contributed by atoms with Crippen LogP contribution < -0.4 is 0 Å². The third kappa shape index (κ3) is 4.84. The molecule has 2 aromatic carbocycles. The van der Waals surface area contributed by atoms with E-state index in [9.17, 15) is 9.90 Å². The molecule has 1 aliphatic rings. The van der Waals surface area contributed by atoms with Gasteiger partial charge in [0.15, 0.2) is 0 Å². The Balaban J connectivity index is 1.64. The Hall–Kier alpha value is -1.82. The maximum Gasteiger partial charge on any atom is 0.253 e. The number of β-amino-alcohol motifs (C(OH)–C–C–N with tert-alkyl or cyclic N) is 1. The fourth-order valence-electron chi connectivity index (χ4n) is 3.14. The third-order valence-corrected chi connectivity index (χ3v) is 5.20. The predicted octanol–water partition coefficient (Wildman–Crippen LogP) is 2.73. The predicted molar refractivity (Wildman–Crippen MR) is 102 cm³/mol. The average molecular weight is 356 g/mol. The smallest absolute Gasteiger partial charge is 0.253 e. The van der Waals surface area contributed by atoms with Crippen molar-refractivity contribution in [3.05, 3.63) is 65.7 Å². The molecule has 2 aromatic rings. The maximum atomic E-state index is 12.8. The number of benzene rings is 2. The first-order valence-corrected chi connectivity index (χ1v) is 9.76. The first-order chi connectivity index (χ1) is 12.2. The van der Waals surface area contributed by atoms with Crippen LogP contribution in [0.25, 0.3) is 0 Å². The number of aliphatic hydroxyl groups excluding tert-OH is 1. The Kier molecular flexibility index (Phi) is 6.13. The average Bonchev–Trinajstić information content (AvgIpc) is 2.83. The topological polar surface area (TPSA) is 43.8 Å². The lowest BCUT2D eigenvalue weighted by molar-refractivity contribution is 0.0663. The zero-order valence-electron chi connectivity index (χ0n) is 14.5. The zero-order chi connectivity index (χ0) is 17.6. The van der Waals surface area contributed by atoms with Gasteiger partial charge in [-0.1, -0.05) is 30.3 Å². The van der Waals surface area contributed by atoms with Crippen molar-refractivity contribution in [2.75, 3.05) is 32.4 Å². The molecule has 25 heavy (non-hydrogen) atoms. The quantitative estimate of drug-likeness (QED) is 0.856. The van der Waals surface area contributed by atoms with Crippen molar-refractivity contribution >= 4 is 17.7 Å². The van der Waals surface area contributed by atoms with Gasteiger partial charge in [-0.2, -0.15) is 0 Å². The second-order valence-electron chi connectivity index (χ2n) is 6.35. The summed E-state index contributed by atoms with van der Waals surface area (Å²) < 4.78 is 0. The number of hydrogen-bond acceptors (Lipinski definition) is 4. The fraction of sp³-hybridized carbons (Fsp3) is 0.350. The minimum Gasteiger partial charge on any atom is -0.390 e. The van der Waals surface area contributed by atoms with Crippen LogP contribution in [0.2, 0.25) is 0 Å². The molecule has 0 aliphatic carbocycles. The molecule has 0 bridgehead atoms. The summed E-state index contributed by atoms with van der Waals surface area (Å²) in [6.45, 7) is 3.16. The molecular formula is C20H24N2O2S. The van der Waals surface area contributed by atoms with Crippen LogP contribution in [-0.2, 0) is 6.54 Å². The van der Waals surface area contributed by atoms with E-state index in [1.807, 2.05) is 48.7 Å². The SMILES string of the molecule is CSc1ccc(C(=O)N2CCN(Cc3ccccc3)CC(O)C2)cc1. The van der Waals surface area contributed by atoms with Crippen molar-refractivity contribution in [2.45, 2.75) is 17.5 Å². The summed E-state index contributed by atoms with van der Waals surface area (Å²) in [5, 5.41) is 10.3. The Labute approximate surface area is 153 Å². The number of carbonyl (C=O) groups excluding carboxylic acids is 1. The van der Waals surface area contributed by atoms with Crippen molar-refractivity contribution in [1.29, 1.82) is 0 Å². The van der Waals surface area contributed by atoms with Crippen molar-refractivity contribution in [3.8, 4) is 0 Å². The van der Waals surface area contributed by atoms with Crippen LogP contribution in [0.5, 0.6) is 0 Å². The van der Waals surface area contributed by atoms with E-state index >= 15 is 0 Å². The molecule has 1 unspecified atom stereocenters. The lowest BCUT2D eigenvalue weighted by Gasteiger charge is -2.22. The monoisotopic (exact) mass is 356 g/mol.